The molecule has 0 aliphatic heterocycles. The number of likely N-dealkylation sites (N-methyl/N-ethyl adjacent to an activating group) is 1. The van der Waals surface area contributed by atoms with E-state index in [0.717, 1.165) is 22.3 Å². The molecule has 3 rings (SSSR count). The van der Waals surface area contributed by atoms with Crippen LogP contribution in [-0.2, 0) is 6.42 Å². The van der Waals surface area contributed by atoms with Gasteiger partial charge in [0, 0.05) is 5.39 Å². The lowest BCUT2D eigenvalue weighted by Gasteiger charge is -2.13. The van der Waals surface area contributed by atoms with E-state index < -0.39 is 0 Å². The Bertz CT molecular complexity index is 763. The molecule has 3 heteroatoms. The fourth-order valence-corrected chi connectivity index (χ4v) is 2.60. The van der Waals surface area contributed by atoms with Gasteiger partial charge in [-0.2, -0.15) is 0 Å². The summed E-state index contributed by atoms with van der Waals surface area (Å²) in [6.45, 7) is 2.06. The van der Waals surface area contributed by atoms with E-state index >= 15 is 0 Å². The predicted octanol–water partition coefficient (Wildman–Crippen LogP) is 4.38. The quantitative estimate of drug-likeness (QED) is 0.768. The fraction of sp³-hybridized carbons (Fsp3) is 0.222. The molecule has 1 atom stereocenters. The van der Waals surface area contributed by atoms with E-state index in [2.05, 4.69) is 24.4 Å². The minimum Gasteiger partial charge on any atom is -0.459 e. The Labute approximate surface area is 123 Å². The maximum Gasteiger partial charge on any atom is 0.134 e. The topological polar surface area (TPSA) is 25.2 Å². The van der Waals surface area contributed by atoms with Crippen molar-refractivity contribution in [2.45, 2.75) is 19.4 Å². The predicted molar refractivity (Wildman–Crippen MR) is 82.9 cm³/mol. The van der Waals surface area contributed by atoms with Gasteiger partial charge in [0.25, 0.3) is 0 Å². The smallest absolute Gasteiger partial charge is 0.134 e. The van der Waals surface area contributed by atoms with Crippen LogP contribution in [0.5, 0.6) is 0 Å². The third-order valence-corrected chi connectivity index (χ3v) is 3.71. The second-order valence-corrected chi connectivity index (χ2v) is 5.37. The third-order valence-electron chi connectivity index (χ3n) is 3.71. The van der Waals surface area contributed by atoms with E-state index in [-0.39, 0.29) is 11.9 Å². The van der Waals surface area contributed by atoms with E-state index in [1.54, 1.807) is 12.1 Å². The molecule has 1 aromatic heterocycles. The van der Waals surface area contributed by atoms with Gasteiger partial charge in [0.1, 0.15) is 17.2 Å². The summed E-state index contributed by atoms with van der Waals surface area (Å²) < 4.78 is 19.2. The number of hydrogen-bond donors (Lipinski definition) is 1. The number of fused-ring (bicyclic) bond motifs is 1. The van der Waals surface area contributed by atoms with Gasteiger partial charge in [0.2, 0.25) is 0 Å². The first-order chi connectivity index (χ1) is 10.2. The maximum atomic E-state index is 13.3. The molecular weight excluding hydrogens is 265 g/mol. The lowest BCUT2D eigenvalue weighted by atomic mass is 10.0. The molecule has 2 nitrogen and oxygen atoms in total. The maximum absolute atomic E-state index is 13.3. The zero-order valence-corrected chi connectivity index (χ0v) is 12.2. The zero-order chi connectivity index (χ0) is 14.8. The summed E-state index contributed by atoms with van der Waals surface area (Å²) in [5, 5.41) is 4.35. The average Bonchev–Trinajstić information content (AvgIpc) is 2.87. The number of furan rings is 1. The second kappa shape index (κ2) is 5.70. The summed E-state index contributed by atoms with van der Waals surface area (Å²) in [6, 6.07) is 14.9. The second-order valence-electron chi connectivity index (χ2n) is 5.37. The highest BCUT2D eigenvalue weighted by molar-refractivity contribution is 5.78. The molecule has 0 aliphatic carbocycles. The number of hydrogen-bond acceptors (Lipinski definition) is 2. The van der Waals surface area contributed by atoms with Gasteiger partial charge in [-0.3, -0.25) is 0 Å². The van der Waals surface area contributed by atoms with Crippen molar-refractivity contribution in [3.8, 4) is 0 Å². The van der Waals surface area contributed by atoms with E-state index in [4.69, 9.17) is 4.42 Å². The molecule has 108 valence electrons. The monoisotopic (exact) mass is 283 g/mol. The molecule has 21 heavy (non-hydrogen) atoms. The Morgan fingerprint density at radius 1 is 1.14 bits per heavy atom. The highest BCUT2D eigenvalue weighted by atomic mass is 19.1. The van der Waals surface area contributed by atoms with Crippen molar-refractivity contribution in [2.24, 2.45) is 0 Å². The summed E-state index contributed by atoms with van der Waals surface area (Å²) in [6.07, 6.45) is 0.688. The van der Waals surface area contributed by atoms with Crippen LogP contribution in [0.2, 0.25) is 0 Å². The molecular formula is C18H18FNO. The number of nitrogens with one attached hydrogen (secondary N) is 1. The van der Waals surface area contributed by atoms with Crippen LogP contribution in [0.3, 0.4) is 0 Å². The summed E-state index contributed by atoms with van der Waals surface area (Å²) >= 11 is 0. The minimum atomic E-state index is -0.206. The summed E-state index contributed by atoms with van der Waals surface area (Å²) in [7, 11) is 1.89. The van der Waals surface area contributed by atoms with Gasteiger partial charge in [-0.05, 0) is 56.3 Å². The van der Waals surface area contributed by atoms with Gasteiger partial charge >= 0.3 is 0 Å². The molecule has 1 N–H and O–H groups in total. The Morgan fingerprint density at radius 2 is 2.00 bits per heavy atom. The van der Waals surface area contributed by atoms with Crippen molar-refractivity contribution in [1.29, 1.82) is 0 Å². The van der Waals surface area contributed by atoms with Crippen LogP contribution in [-0.4, -0.2) is 7.05 Å². The molecule has 0 bridgehead atoms. The highest BCUT2D eigenvalue weighted by Gasteiger charge is 2.15. The van der Waals surface area contributed by atoms with E-state index in [1.165, 1.54) is 11.6 Å². The van der Waals surface area contributed by atoms with Crippen LogP contribution >= 0.6 is 0 Å². The Kier molecular flexibility index (Phi) is 3.76. The number of aryl methyl sites for hydroxylation is 1. The zero-order valence-electron chi connectivity index (χ0n) is 12.2. The van der Waals surface area contributed by atoms with Crippen molar-refractivity contribution in [1.82, 2.24) is 5.32 Å². The van der Waals surface area contributed by atoms with Gasteiger partial charge in [-0.25, -0.2) is 4.39 Å². The van der Waals surface area contributed by atoms with Crippen LogP contribution in [0.4, 0.5) is 4.39 Å². The molecule has 0 saturated heterocycles. The van der Waals surface area contributed by atoms with Crippen molar-refractivity contribution >= 4 is 11.0 Å². The summed E-state index contributed by atoms with van der Waals surface area (Å²) in [5.74, 6) is 0.671. The molecule has 0 fully saturated rings. The largest absolute Gasteiger partial charge is 0.459 e. The van der Waals surface area contributed by atoms with E-state index in [9.17, 15) is 4.39 Å². The van der Waals surface area contributed by atoms with Crippen LogP contribution in [0.1, 0.15) is 22.9 Å². The molecule has 1 unspecified atom stereocenters. The van der Waals surface area contributed by atoms with Crippen molar-refractivity contribution in [3.63, 3.8) is 0 Å². The van der Waals surface area contributed by atoms with Crippen LogP contribution in [0.25, 0.3) is 11.0 Å². The van der Waals surface area contributed by atoms with Gasteiger partial charge in [0.05, 0.1) is 6.04 Å². The third kappa shape index (κ3) is 2.98. The van der Waals surface area contributed by atoms with Crippen LogP contribution in [0, 0.1) is 12.7 Å². The first kappa shape index (κ1) is 13.8. The Balaban J connectivity index is 1.90. The normalized spacial score (nSPS) is 12.7. The van der Waals surface area contributed by atoms with Crippen molar-refractivity contribution in [2.75, 3.05) is 7.05 Å². The number of rotatable bonds is 4. The minimum absolute atomic E-state index is 0.0273. The van der Waals surface area contributed by atoms with E-state index in [1.807, 2.05) is 25.2 Å². The molecule has 2 aromatic carbocycles. The van der Waals surface area contributed by atoms with Crippen molar-refractivity contribution < 1.29 is 8.81 Å². The highest BCUT2D eigenvalue weighted by Crippen LogP contribution is 2.27. The number of halogens is 1. The molecule has 0 radical (unpaired) electrons. The first-order valence-electron chi connectivity index (χ1n) is 7.07. The number of benzene rings is 2. The van der Waals surface area contributed by atoms with Gasteiger partial charge in [-0.15, -0.1) is 0 Å². The molecule has 0 aliphatic rings. The SMILES string of the molecule is CNC(Cc1cccc(F)c1)c1cc2cc(C)ccc2o1. The molecule has 0 spiro atoms. The lowest BCUT2D eigenvalue weighted by molar-refractivity contribution is 0.450. The van der Waals surface area contributed by atoms with Gasteiger partial charge < -0.3 is 9.73 Å². The standard InChI is InChI=1S/C18H18FNO/c1-12-6-7-17-14(8-12)11-18(21-17)16(20-2)10-13-4-3-5-15(19)9-13/h3-9,11,16,20H,10H2,1-2H3. The van der Waals surface area contributed by atoms with Crippen LogP contribution < -0.4 is 5.32 Å². The van der Waals surface area contributed by atoms with Crippen molar-refractivity contribution in [3.05, 3.63) is 71.2 Å². The Morgan fingerprint density at radius 3 is 2.76 bits per heavy atom. The fourth-order valence-electron chi connectivity index (χ4n) is 2.60. The average molecular weight is 283 g/mol. The van der Waals surface area contributed by atoms with E-state index in [0.29, 0.717) is 6.42 Å². The van der Waals surface area contributed by atoms with Gasteiger partial charge in [-0.1, -0.05) is 23.8 Å². The summed E-state index contributed by atoms with van der Waals surface area (Å²) in [4.78, 5) is 0. The molecule has 0 saturated carbocycles. The lowest BCUT2D eigenvalue weighted by Crippen LogP contribution is -2.18. The molecule has 1 heterocycles. The summed E-state index contributed by atoms with van der Waals surface area (Å²) in [5.41, 5.74) is 3.04. The molecule has 0 amide bonds. The van der Waals surface area contributed by atoms with Crippen LogP contribution in [0.15, 0.2) is 52.9 Å². The Hall–Kier alpha value is -2.13. The van der Waals surface area contributed by atoms with Gasteiger partial charge in [0.15, 0.2) is 0 Å². The molecule has 3 aromatic rings. The first-order valence-corrected chi connectivity index (χ1v) is 7.07.